The van der Waals surface area contributed by atoms with Crippen LogP contribution >= 0.6 is 15.9 Å². The molecular weight excluding hydrogens is 354 g/mol. The lowest BCUT2D eigenvalue weighted by Gasteiger charge is -2.19. The maximum Gasteiger partial charge on any atom is 0.164 e. The number of halogens is 1. The van der Waals surface area contributed by atoms with Crippen LogP contribution in [-0.2, 0) is 7.05 Å². The van der Waals surface area contributed by atoms with Crippen LogP contribution in [-0.4, -0.2) is 19.7 Å². The summed E-state index contributed by atoms with van der Waals surface area (Å²) < 4.78 is 2.49. The quantitative estimate of drug-likeness (QED) is 0.658. The second-order valence-corrected chi connectivity index (χ2v) is 6.06. The number of aryl methyl sites for hydroxylation is 1. The Bertz CT molecular complexity index is 812. The van der Waals surface area contributed by atoms with Crippen LogP contribution in [0.3, 0.4) is 0 Å². The molecule has 0 aliphatic carbocycles. The van der Waals surface area contributed by atoms with Gasteiger partial charge in [0.2, 0.25) is 0 Å². The van der Waals surface area contributed by atoms with Gasteiger partial charge in [-0.1, -0.05) is 36.4 Å². The van der Waals surface area contributed by atoms with Crippen LogP contribution < -0.4 is 5.32 Å². The van der Waals surface area contributed by atoms with E-state index in [-0.39, 0.29) is 6.04 Å². The molecule has 2 heterocycles. The smallest absolute Gasteiger partial charge is 0.164 e. The Kier molecular flexibility index (Phi) is 4.71. The molecule has 0 saturated carbocycles. The fraction of sp³-hybridized carbons (Fsp3) is 0.235. The number of aromatic nitrogens is 4. The molecule has 0 radical (unpaired) electrons. The SMILES string of the molecule is C=CCCC(Nc1ncnc2c1c(Br)nn2C)c1ccccc1. The number of anilines is 1. The first-order valence-corrected chi connectivity index (χ1v) is 8.25. The number of allylic oxidation sites excluding steroid dienone is 1. The lowest BCUT2D eigenvalue weighted by Crippen LogP contribution is -2.12. The number of fused-ring (bicyclic) bond motifs is 1. The van der Waals surface area contributed by atoms with Gasteiger partial charge in [0, 0.05) is 7.05 Å². The highest BCUT2D eigenvalue weighted by atomic mass is 79.9. The van der Waals surface area contributed by atoms with E-state index in [2.05, 4.69) is 55.0 Å². The lowest BCUT2D eigenvalue weighted by atomic mass is 10.0. The van der Waals surface area contributed by atoms with Crippen LogP contribution in [0.2, 0.25) is 0 Å². The number of rotatable bonds is 6. The molecule has 1 aromatic carbocycles. The van der Waals surface area contributed by atoms with Gasteiger partial charge in [-0.2, -0.15) is 5.10 Å². The number of hydrogen-bond donors (Lipinski definition) is 1. The summed E-state index contributed by atoms with van der Waals surface area (Å²) in [5, 5.41) is 8.81. The van der Waals surface area contributed by atoms with E-state index >= 15 is 0 Å². The average molecular weight is 372 g/mol. The van der Waals surface area contributed by atoms with Crippen LogP contribution in [0.15, 0.2) is 53.9 Å². The summed E-state index contributed by atoms with van der Waals surface area (Å²) in [6.07, 6.45) is 5.37. The van der Waals surface area contributed by atoms with Gasteiger partial charge >= 0.3 is 0 Å². The number of nitrogens with zero attached hydrogens (tertiary/aromatic N) is 4. The summed E-state index contributed by atoms with van der Waals surface area (Å²) in [6.45, 7) is 3.83. The first-order valence-electron chi connectivity index (χ1n) is 7.46. The number of hydrogen-bond acceptors (Lipinski definition) is 4. The van der Waals surface area contributed by atoms with Crippen molar-refractivity contribution in [2.24, 2.45) is 7.05 Å². The van der Waals surface area contributed by atoms with E-state index in [9.17, 15) is 0 Å². The van der Waals surface area contributed by atoms with E-state index < -0.39 is 0 Å². The molecule has 0 amide bonds. The zero-order chi connectivity index (χ0) is 16.2. The first-order chi connectivity index (χ1) is 11.2. The maximum absolute atomic E-state index is 4.42. The van der Waals surface area contributed by atoms with Gasteiger partial charge in [0.1, 0.15) is 16.7 Å². The average Bonchev–Trinajstić information content (AvgIpc) is 2.87. The molecule has 0 aliphatic rings. The minimum Gasteiger partial charge on any atom is -0.363 e. The Morgan fingerprint density at radius 3 is 2.83 bits per heavy atom. The third-order valence-electron chi connectivity index (χ3n) is 3.75. The van der Waals surface area contributed by atoms with E-state index in [1.54, 1.807) is 11.0 Å². The predicted molar refractivity (Wildman–Crippen MR) is 96.2 cm³/mol. The number of nitrogens with one attached hydrogen (secondary N) is 1. The molecule has 1 unspecified atom stereocenters. The van der Waals surface area contributed by atoms with Gasteiger partial charge in [0.05, 0.1) is 11.4 Å². The van der Waals surface area contributed by atoms with E-state index in [1.165, 1.54) is 5.56 Å². The molecule has 118 valence electrons. The second kappa shape index (κ2) is 6.91. The largest absolute Gasteiger partial charge is 0.363 e. The van der Waals surface area contributed by atoms with E-state index in [1.807, 2.05) is 31.3 Å². The van der Waals surface area contributed by atoms with Crippen LogP contribution in [0.4, 0.5) is 5.82 Å². The van der Waals surface area contributed by atoms with Gasteiger partial charge in [0.25, 0.3) is 0 Å². The van der Waals surface area contributed by atoms with Crippen LogP contribution in [0.1, 0.15) is 24.4 Å². The second-order valence-electron chi connectivity index (χ2n) is 5.31. The fourth-order valence-corrected chi connectivity index (χ4v) is 3.21. The summed E-state index contributed by atoms with van der Waals surface area (Å²) >= 11 is 3.50. The summed E-state index contributed by atoms with van der Waals surface area (Å²) in [7, 11) is 1.87. The first kappa shape index (κ1) is 15.7. The molecule has 1 N–H and O–H groups in total. The summed E-state index contributed by atoms with van der Waals surface area (Å²) in [4.78, 5) is 8.73. The molecule has 2 aromatic heterocycles. The molecule has 0 fully saturated rings. The minimum absolute atomic E-state index is 0.152. The summed E-state index contributed by atoms with van der Waals surface area (Å²) in [6, 6.07) is 10.5. The minimum atomic E-state index is 0.152. The van der Waals surface area contributed by atoms with E-state index in [4.69, 9.17) is 0 Å². The normalized spacial score (nSPS) is 12.3. The zero-order valence-electron chi connectivity index (χ0n) is 12.9. The maximum atomic E-state index is 4.42. The van der Waals surface area contributed by atoms with Crippen molar-refractivity contribution in [2.75, 3.05) is 5.32 Å². The Labute approximate surface area is 143 Å². The zero-order valence-corrected chi connectivity index (χ0v) is 14.5. The molecule has 3 rings (SSSR count). The standard InChI is InChI=1S/C17H18BrN5/c1-3-4-10-13(12-8-6-5-7-9-12)21-16-14-15(18)22-23(2)17(14)20-11-19-16/h3,5-9,11,13H,1,4,10H2,2H3,(H,19,20,21). The molecule has 0 aliphatic heterocycles. The predicted octanol–water partition coefficient (Wildman–Crippen LogP) is 4.25. The van der Waals surface area contributed by atoms with Crippen molar-refractivity contribution in [3.05, 3.63) is 59.5 Å². The van der Waals surface area contributed by atoms with Gasteiger partial charge in [0.15, 0.2) is 5.65 Å². The van der Waals surface area contributed by atoms with Crippen molar-refractivity contribution < 1.29 is 0 Å². The van der Waals surface area contributed by atoms with Crippen molar-refractivity contribution in [1.82, 2.24) is 19.7 Å². The Hall–Kier alpha value is -2.21. The highest BCUT2D eigenvalue weighted by Gasteiger charge is 2.17. The molecule has 0 saturated heterocycles. The van der Waals surface area contributed by atoms with Gasteiger partial charge in [-0.3, -0.25) is 0 Å². The Balaban J connectivity index is 1.98. The molecule has 3 aromatic rings. The third-order valence-corrected chi connectivity index (χ3v) is 4.31. The van der Waals surface area contributed by atoms with Crippen LogP contribution in [0, 0.1) is 0 Å². The Morgan fingerprint density at radius 2 is 2.09 bits per heavy atom. The molecule has 23 heavy (non-hydrogen) atoms. The summed E-state index contributed by atoms with van der Waals surface area (Å²) in [5.41, 5.74) is 2.02. The highest BCUT2D eigenvalue weighted by molar-refractivity contribution is 9.10. The highest BCUT2D eigenvalue weighted by Crippen LogP contribution is 2.30. The van der Waals surface area contributed by atoms with Gasteiger partial charge in [-0.15, -0.1) is 6.58 Å². The molecule has 6 heteroatoms. The van der Waals surface area contributed by atoms with Crippen LogP contribution in [0.25, 0.3) is 11.0 Å². The van der Waals surface area contributed by atoms with Crippen LogP contribution in [0.5, 0.6) is 0 Å². The summed E-state index contributed by atoms with van der Waals surface area (Å²) in [5.74, 6) is 0.785. The lowest BCUT2D eigenvalue weighted by molar-refractivity contribution is 0.702. The molecular formula is C17H18BrN5. The molecule has 0 bridgehead atoms. The van der Waals surface area contributed by atoms with Crippen molar-refractivity contribution >= 4 is 32.8 Å². The monoisotopic (exact) mass is 371 g/mol. The fourth-order valence-electron chi connectivity index (χ4n) is 2.61. The van der Waals surface area contributed by atoms with Crippen molar-refractivity contribution in [3.8, 4) is 0 Å². The molecule has 5 nitrogen and oxygen atoms in total. The van der Waals surface area contributed by atoms with E-state index in [0.29, 0.717) is 0 Å². The number of benzene rings is 1. The molecule has 0 spiro atoms. The third kappa shape index (κ3) is 3.27. The Morgan fingerprint density at radius 1 is 1.30 bits per heavy atom. The van der Waals surface area contributed by atoms with Gasteiger partial charge in [-0.05, 0) is 34.3 Å². The molecule has 1 atom stereocenters. The van der Waals surface area contributed by atoms with Gasteiger partial charge < -0.3 is 5.32 Å². The van der Waals surface area contributed by atoms with Crippen molar-refractivity contribution in [1.29, 1.82) is 0 Å². The van der Waals surface area contributed by atoms with Gasteiger partial charge in [-0.25, -0.2) is 14.6 Å². The topological polar surface area (TPSA) is 55.6 Å². The van der Waals surface area contributed by atoms with Crippen molar-refractivity contribution in [2.45, 2.75) is 18.9 Å². The van der Waals surface area contributed by atoms with Crippen molar-refractivity contribution in [3.63, 3.8) is 0 Å². The van der Waals surface area contributed by atoms with E-state index in [0.717, 1.165) is 34.3 Å².